The molecule has 4 heteroatoms. The van der Waals surface area contributed by atoms with Crippen molar-refractivity contribution in [2.75, 3.05) is 26.2 Å². The standard InChI is InChI=1S/C15H23N3O/c19-15-13(11-3-7-16-8-4-11)1-2-14(18-15)12-5-9-17-10-6-12/h1-2,11-12,16-17H,3-10H2,(H,18,19). The summed E-state index contributed by atoms with van der Waals surface area (Å²) in [6.45, 7) is 4.17. The van der Waals surface area contributed by atoms with Crippen LogP contribution in [0.15, 0.2) is 16.9 Å². The molecule has 0 unspecified atom stereocenters. The van der Waals surface area contributed by atoms with Crippen molar-refractivity contribution < 1.29 is 0 Å². The van der Waals surface area contributed by atoms with E-state index in [-0.39, 0.29) is 5.56 Å². The van der Waals surface area contributed by atoms with Crippen molar-refractivity contribution in [2.24, 2.45) is 0 Å². The SMILES string of the molecule is O=c1[nH]c(C2CCNCC2)ccc1C1CCNCC1. The minimum absolute atomic E-state index is 0.142. The first-order valence-electron chi connectivity index (χ1n) is 7.49. The molecule has 0 saturated carbocycles. The third-order valence-electron chi connectivity index (χ3n) is 4.52. The van der Waals surface area contributed by atoms with Gasteiger partial charge < -0.3 is 15.6 Å². The van der Waals surface area contributed by atoms with E-state index in [0.717, 1.165) is 63.1 Å². The van der Waals surface area contributed by atoms with E-state index in [2.05, 4.69) is 27.8 Å². The fraction of sp³-hybridized carbons (Fsp3) is 0.667. The summed E-state index contributed by atoms with van der Waals surface area (Å²) in [5, 5.41) is 6.71. The Morgan fingerprint density at radius 2 is 1.42 bits per heavy atom. The molecule has 0 bridgehead atoms. The first-order valence-corrected chi connectivity index (χ1v) is 7.49. The van der Waals surface area contributed by atoms with Gasteiger partial charge in [0.1, 0.15) is 0 Å². The predicted octanol–water partition coefficient (Wildman–Crippen LogP) is 1.31. The van der Waals surface area contributed by atoms with Gasteiger partial charge in [0, 0.05) is 17.2 Å². The van der Waals surface area contributed by atoms with Crippen LogP contribution in [0.5, 0.6) is 0 Å². The van der Waals surface area contributed by atoms with E-state index in [1.54, 1.807) is 0 Å². The molecule has 0 spiro atoms. The first kappa shape index (κ1) is 12.9. The molecular weight excluding hydrogens is 238 g/mol. The van der Waals surface area contributed by atoms with Gasteiger partial charge in [0.15, 0.2) is 0 Å². The van der Waals surface area contributed by atoms with Crippen LogP contribution in [-0.2, 0) is 0 Å². The Balaban J connectivity index is 1.78. The van der Waals surface area contributed by atoms with Crippen LogP contribution in [0.2, 0.25) is 0 Å². The second-order valence-electron chi connectivity index (χ2n) is 5.75. The molecule has 0 atom stereocenters. The zero-order valence-corrected chi connectivity index (χ0v) is 11.4. The number of aromatic amines is 1. The topological polar surface area (TPSA) is 56.9 Å². The average molecular weight is 261 g/mol. The summed E-state index contributed by atoms with van der Waals surface area (Å²) in [4.78, 5) is 15.4. The summed E-state index contributed by atoms with van der Waals surface area (Å²) < 4.78 is 0. The predicted molar refractivity (Wildman–Crippen MR) is 76.8 cm³/mol. The van der Waals surface area contributed by atoms with Crippen molar-refractivity contribution in [2.45, 2.75) is 37.5 Å². The number of nitrogens with one attached hydrogen (secondary N) is 3. The van der Waals surface area contributed by atoms with Gasteiger partial charge in [-0.25, -0.2) is 0 Å². The molecule has 0 aromatic carbocycles. The van der Waals surface area contributed by atoms with Gasteiger partial charge in [-0.15, -0.1) is 0 Å². The Labute approximate surface area is 114 Å². The molecule has 0 aliphatic carbocycles. The number of rotatable bonds is 2. The lowest BCUT2D eigenvalue weighted by molar-refractivity contribution is 0.447. The van der Waals surface area contributed by atoms with Crippen molar-refractivity contribution in [1.82, 2.24) is 15.6 Å². The maximum absolute atomic E-state index is 12.3. The third kappa shape index (κ3) is 2.90. The van der Waals surface area contributed by atoms with Crippen LogP contribution >= 0.6 is 0 Å². The van der Waals surface area contributed by atoms with Crippen molar-refractivity contribution in [3.8, 4) is 0 Å². The molecule has 19 heavy (non-hydrogen) atoms. The highest BCUT2D eigenvalue weighted by Crippen LogP contribution is 2.25. The summed E-state index contributed by atoms with van der Waals surface area (Å²) >= 11 is 0. The van der Waals surface area contributed by atoms with E-state index in [1.165, 1.54) is 0 Å². The lowest BCUT2D eigenvalue weighted by Crippen LogP contribution is -2.31. The number of hydrogen-bond acceptors (Lipinski definition) is 3. The summed E-state index contributed by atoms with van der Waals surface area (Å²) in [5.41, 5.74) is 2.26. The summed E-state index contributed by atoms with van der Waals surface area (Å²) in [6, 6.07) is 4.22. The zero-order chi connectivity index (χ0) is 13.1. The normalized spacial score (nSPS) is 22.5. The van der Waals surface area contributed by atoms with Crippen molar-refractivity contribution >= 4 is 0 Å². The van der Waals surface area contributed by atoms with Gasteiger partial charge in [-0.05, 0) is 63.8 Å². The van der Waals surface area contributed by atoms with Crippen molar-refractivity contribution in [1.29, 1.82) is 0 Å². The van der Waals surface area contributed by atoms with E-state index in [0.29, 0.717) is 11.8 Å². The Kier molecular flexibility index (Phi) is 3.99. The van der Waals surface area contributed by atoms with Gasteiger partial charge in [-0.2, -0.15) is 0 Å². The number of hydrogen-bond donors (Lipinski definition) is 3. The largest absolute Gasteiger partial charge is 0.326 e. The number of H-pyrrole nitrogens is 1. The van der Waals surface area contributed by atoms with Crippen LogP contribution < -0.4 is 16.2 Å². The van der Waals surface area contributed by atoms with Crippen LogP contribution in [0.3, 0.4) is 0 Å². The summed E-state index contributed by atoms with van der Waals surface area (Å²) in [5.74, 6) is 0.961. The Hall–Kier alpha value is -1.13. The second-order valence-corrected chi connectivity index (χ2v) is 5.75. The molecular formula is C15H23N3O. The molecule has 2 fully saturated rings. The van der Waals surface area contributed by atoms with E-state index in [4.69, 9.17) is 0 Å². The molecule has 2 saturated heterocycles. The Morgan fingerprint density at radius 3 is 2.00 bits per heavy atom. The lowest BCUT2D eigenvalue weighted by atomic mass is 9.89. The molecule has 2 aliphatic heterocycles. The van der Waals surface area contributed by atoms with Crippen LogP contribution in [0.25, 0.3) is 0 Å². The molecule has 3 N–H and O–H groups in total. The van der Waals surface area contributed by atoms with E-state index in [9.17, 15) is 4.79 Å². The summed E-state index contributed by atoms with van der Waals surface area (Å²) in [7, 11) is 0. The number of aromatic nitrogens is 1. The number of piperidine rings is 2. The van der Waals surface area contributed by atoms with Crippen LogP contribution in [-0.4, -0.2) is 31.2 Å². The van der Waals surface area contributed by atoms with E-state index >= 15 is 0 Å². The Morgan fingerprint density at radius 1 is 0.842 bits per heavy atom. The van der Waals surface area contributed by atoms with Crippen molar-refractivity contribution in [3.63, 3.8) is 0 Å². The van der Waals surface area contributed by atoms with Gasteiger partial charge in [0.05, 0.1) is 0 Å². The van der Waals surface area contributed by atoms with Gasteiger partial charge in [0.2, 0.25) is 0 Å². The molecule has 0 radical (unpaired) electrons. The molecule has 0 amide bonds. The minimum Gasteiger partial charge on any atom is -0.326 e. The molecule has 3 heterocycles. The van der Waals surface area contributed by atoms with E-state index in [1.807, 2.05) is 0 Å². The van der Waals surface area contributed by atoms with Gasteiger partial charge in [0.25, 0.3) is 5.56 Å². The fourth-order valence-corrected chi connectivity index (χ4v) is 3.33. The maximum atomic E-state index is 12.3. The van der Waals surface area contributed by atoms with Crippen LogP contribution in [0.4, 0.5) is 0 Å². The van der Waals surface area contributed by atoms with Gasteiger partial charge in [-0.1, -0.05) is 6.07 Å². The molecule has 1 aromatic rings. The van der Waals surface area contributed by atoms with Gasteiger partial charge >= 0.3 is 0 Å². The fourth-order valence-electron chi connectivity index (χ4n) is 3.33. The highest BCUT2D eigenvalue weighted by atomic mass is 16.1. The first-order chi connectivity index (χ1) is 9.34. The molecule has 104 valence electrons. The minimum atomic E-state index is 0.142. The highest BCUT2D eigenvalue weighted by Gasteiger charge is 2.20. The summed E-state index contributed by atoms with van der Waals surface area (Å²) in [6.07, 6.45) is 4.41. The van der Waals surface area contributed by atoms with Crippen molar-refractivity contribution in [3.05, 3.63) is 33.7 Å². The molecule has 3 rings (SSSR count). The van der Waals surface area contributed by atoms with E-state index < -0.39 is 0 Å². The van der Waals surface area contributed by atoms with Crippen LogP contribution in [0.1, 0.15) is 48.8 Å². The zero-order valence-electron chi connectivity index (χ0n) is 11.4. The van der Waals surface area contributed by atoms with Gasteiger partial charge in [-0.3, -0.25) is 4.79 Å². The smallest absolute Gasteiger partial charge is 0.251 e. The molecule has 1 aromatic heterocycles. The maximum Gasteiger partial charge on any atom is 0.251 e. The Bertz CT molecular complexity index is 471. The lowest BCUT2D eigenvalue weighted by Gasteiger charge is -2.24. The average Bonchev–Trinajstić information content (AvgIpc) is 2.49. The highest BCUT2D eigenvalue weighted by molar-refractivity contribution is 5.21. The quantitative estimate of drug-likeness (QED) is 0.752. The number of pyridine rings is 1. The third-order valence-corrected chi connectivity index (χ3v) is 4.52. The van der Waals surface area contributed by atoms with Crippen LogP contribution in [0, 0.1) is 0 Å². The molecule has 4 nitrogen and oxygen atoms in total. The molecule has 2 aliphatic rings. The second kappa shape index (κ2) is 5.88. The monoisotopic (exact) mass is 261 g/mol.